The summed E-state index contributed by atoms with van der Waals surface area (Å²) in [5, 5.41) is 0. The normalized spacial score (nSPS) is 12.8. The van der Waals surface area contributed by atoms with Crippen molar-refractivity contribution in [1.29, 1.82) is 0 Å². The third-order valence-electron chi connectivity index (χ3n) is 3.46. The summed E-state index contributed by atoms with van der Waals surface area (Å²) >= 11 is 0. The first-order valence-electron chi connectivity index (χ1n) is 6.64. The lowest BCUT2D eigenvalue weighted by Crippen LogP contribution is -2.41. The van der Waals surface area contributed by atoms with Gasteiger partial charge in [0.15, 0.2) is 11.5 Å². The molecule has 0 aliphatic rings. The molecule has 0 aromatic heterocycles. The summed E-state index contributed by atoms with van der Waals surface area (Å²) < 4.78 is 10.6. The molecular weight excluding hydrogens is 240 g/mol. The molecule has 108 valence electrons. The Balaban J connectivity index is 2.81. The van der Waals surface area contributed by atoms with Crippen molar-refractivity contribution in [3.63, 3.8) is 0 Å². The molecule has 19 heavy (non-hydrogen) atoms. The summed E-state index contributed by atoms with van der Waals surface area (Å²) in [5.74, 6) is 2.06. The molecule has 1 aromatic carbocycles. The fourth-order valence-corrected chi connectivity index (χ4v) is 2.35. The van der Waals surface area contributed by atoms with E-state index in [1.165, 1.54) is 5.56 Å². The van der Waals surface area contributed by atoms with Crippen molar-refractivity contribution in [2.24, 2.45) is 11.7 Å². The first kappa shape index (κ1) is 15.8. The Morgan fingerprint density at radius 1 is 1.16 bits per heavy atom. The van der Waals surface area contributed by atoms with Crippen LogP contribution in [0.2, 0.25) is 0 Å². The van der Waals surface area contributed by atoms with Crippen LogP contribution in [0.3, 0.4) is 0 Å². The highest BCUT2D eigenvalue weighted by Crippen LogP contribution is 2.28. The highest BCUT2D eigenvalue weighted by Gasteiger charge is 2.17. The van der Waals surface area contributed by atoms with E-state index < -0.39 is 0 Å². The second kappa shape index (κ2) is 7.36. The zero-order valence-electron chi connectivity index (χ0n) is 12.6. The van der Waals surface area contributed by atoms with E-state index in [1.807, 2.05) is 12.1 Å². The lowest BCUT2D eigenvalue weighted by Gasteiger charge is -2.30. The molecular formula is C15H26N2O2. The van der Waals surface area contributed by atoms with Gasteiger partial charge < -0.3 is 15.2 Å². The molecule has 1 aromatic rings. The van der Waals surface area contributed by atoms with Gasteiger partial charge in [-0.2, -0.15) is 0 Å². The Hall–Kier alpha value is -1.26. The standard InChI is InChI=1S/C15H26N2O2/c1-11(2)13(9-16)17(3)10-12-6-7-14(18-4)15(8-12)19-5/h6-8,11,13H,9-10,16H2,1-5H3. The lowest BCUT2D eigenvalue weighted by atomic mass is 10.0. The molecule has 0 bridgehead atoms. The van der Waals surface area contributed by atoms with Gasteiger partial charge in [-0.3, -0.25) is 4.90 Å². The number of methoxy groups -OCH3 is 2. The van der Waals surface area contributed by atoms with Gasteiger partial charge in [0.05, 0.1) is 14.2 Å². The average molecular weight is 266 g/mol. The molecule has 0 aliphatic carbocycles. The molecule has 1 atom stereocenters. The van der Waals surface area contributed by atoms with Gasteiger partial charge in [0.2, 0.25) is 0 Å². The molecule has 2 N–H and O–H groups in total. The molecule has 0 fully saturated rings. The monoisotopic (exact) mass is 266 g/mol. The molecule has 0 saturated heterocycles. The Bertz CT molecular complexity index is 394. The van der Waals surface area contributed by atoms with Gasteiger partial charge in [0.25, 0.3) is 0 Å². The third-order valence-corrected chi connectivity index (χ3v) is 3.46. The van der Waals surface area contributed by atoms with E-state index in [0.717, 1.165) is 18.0 Å². The highest BCUT2D eigenvalue weighted by molar-refractivity contribution is 5.42. The third kappa shape index (κ3) is 4.11. The van der Waals surface area contributed by atoms with Crippen LogP contribution in [0.5, 0.6) is 11.5 Å². The quantitative estimate of drug-likeness (QED) is 0.821. The van der Waals surface area contributed by atoms with Crippen LogP contribution in [-0.4, -0.2) is 38.8 Å². The number of likely N-dealkylation sites (N-methyl/N-ethyl adjacent to an activating group) is 1. The van der Waals surface area contributed by atoms with Crippen molar-refractivity contribution in [1.82, 2.24) is 4.90 Å². The summed E-state index contributed by atoms with van der Waals surface area (Å²) in [7, 11) is 5.41. The van der Waals surface area contributed by atoms with Gasteiger partial charge in [-0.25, -0.2) is 0 Å². The predicted octanol–water partition coefficient (Wildman–Crippen LogP) is 2.12. The molecule has 0 saturated carbocycles. The number of rotatable bonds is 7. The summed E-state index contributed by atoms with van der Waals surface area (Å²) in [6, 6.07) is 6.40. The van der Waals surface area contributed by atoms with Gasteiger partial charge >= 0.3 is 0 Å². The molecule has 0 radical (unpaired) electrons. The highest BCUT2D eigenvalue weighted by atomic mass is 16.5. The van der Waals surface area contributed by atoms with Crippen molar-refractivity contribution >= 4 is 0 Å². The Labute approximate surface area is 116 Å². The van der Waals surface area contributed by atoms with Gasteiger partial charge in [-0.05, 0) is 30.7 Å². The van der Waals surface area contributed by atoms with E-state index in [4.69, 9.17) is 15.2 Å². The van der Waals surface area contributed by atoms with Crippen LogP contribution in [0.1, 0.15) is 19.4 Å². The maximum atomic E-state index is 5.84. The molecule has 0 spiro atoms. The lowest BCUT2D eigenvalue weighted by molar-refractivity contribution is 0.190. The molecule has 4 nitrogen and oxygen atoms in total. The summed E-state index contributed by atoms with van der Waals surface area (Å²) in [4.78, 5) is 2.28. The predicted molar refractivity (Wildman–Crippen MR) is 78.7 cm³/mol. The Morgan fingerprint density at radius 2 is 1.79 bits per heavy atom. The smallest absolute Gasteiger partial charge is 0.161 e. The molecule has 0 aliphatic heterocycles. The number of nitrogens with zero attached hydrogens (tertiary/aromatic N) is 1. The van der Waals surface area contributed by atoms with E-state index in [0.29, 0.717) is 18.5 Å². The largest absolute Gasteiger partial charge is 0.493 e. The number of hydrogen-bond acceptors (Lipinski definition) is 4. The molecule has 1 rings (SSSR count). The molecule has 0 amide bonds. The van der Waals surface area contributed by atoms with Crippen LogP contribution in [0.15, 0.2) is 18.2 Å². The molecule has 1 unspecified atom stereocenters. The van der Waals surface area contributed by atoms with E-state index in [1.54, 1.807) is 14.2 Å². The second-order valence-corrected chi connectivity index (χ2v) is 5.15. The molecule has 0 heterocycles. The SMILES string of the molecule is COc1ccc(CN(C)C(CN)C(C)C)cc1OC. The van der Waals surface area contributed by atoms with Crippen LogP contribution in [0.4, 0.5) is 0 Å². The van der Waals surface area contributed by atoms with Crippen LogP contribution in [0.25, 0.3) is 0 Å². The average Bonchev–Trinajstić information content (AvgIpc) is 2.38. The van der Waals surface area contributed by atoms with E-state index in [9.17, 15) is 0 Å². The van der Waals surface area contributed by atoms with Crippen molar-refractivity contribution in [3.8, 4) is 11.5 Å². The summed E-state index contributed by atoms with van der Waals surface area (Å²) in [6.45, 7) is 5.91. The number of nitrogens with two attached hydrogens (primary N) is 1. The minimum Gasteiger partial charge on any atom is -0.493 e. The second-order valence-electron chi connectivity index (χ2n) is 5.15. The number of benzene rings is 1. The fourth-order valence-electron chi connectivity index (χ4n) is 2.35. The maximum Gasteiger partial charge on any atom is 0.161 e. The number of hydrogen-bond donors (Lipinski definition) is 1. The van der Waals surface area contributed by atoms with Crippen LogP contribution in [-0.2, 0) is 6.54 Å². The van der Waals surface area contributed by atoms with Gasteiger partial charge in [0.1, 0.15) is 0 Å². The zero-order valence-corrected chi connectivity index (χ0v) is 12.6. The van der Waals surface area contributed by atoms with Gasteiger partial charge in [-0.15, -0.1) is 0 Å². The van der Waals surface area contributed by atoms with E-state index >= 15 is 0 Å². The van der Waals surface area contributed by atoms with Crippen LogP contribution >= 0.6 is 0 Å². The maximum absolute atomic E-state index is 5.84. The van der Waals surface area contributed by atoms with E-state index in [-0.39, 0.29) is 0 Å². The van der Waals surface area contributed by atoms with Crippen molar-refractivity contribution in [2.45, 2.75) is 26.4 Å². The van der Waals surface area contributed by atoms with Gasteiger partial charge in [0, 0.05) is 19.1 Å². The van der Waals surface area contributed by atoms with Crippen molar-refractivity contribution in [2.75, 3.05) is 27.8 Å². The van der Waals surface area contributed by atoms with Crippen LogP contribution in [0, 0.1) is 5.92 Å². The summed E-state index contributed by atoms with van der Waals surface area (Å²) in [6.07, 6.45) is 0. The van der Waals surface area contributed by atoms with E-state index in [2.05, 4.69) is 31.9 Å². The Kier molecular flexibility index (Phi) is 6.12. The molecule has 4 heteroatoms. The van der Waals surface area contributed by atoms with Gasteiger partial charge in [-0.1, -0.05) is 19.9 Å². The Morgan fingerprint density at radius 3 is 2.26 bits per heavy atom. The first-order chi connectivity index (χ1) is 9.03. The zero-order chi connectivity index (χ0) is 14.4. The fraction of sp³-hybridized carbons (Fsp3) is 0.600. The van der Waals surface area contributed by atoms with Crippen molar-refractivity contribution < 1.29 is 9.47 Å². The van der Waals surface area contributed by atoms with Crippen LogP contribution < -0.4 is 15.2 Å². The summed E-state index contributed by atoms with van der Waals surface area (Å²) in [5.41, 5.74) is 7.04. The minimum absolute atomic E-state index is 0.382. The topological polar surface area (TPSA) is 47.7 Å². The van der Waals surface area contributed by atoms with Crippen molar-refractivity contribution in [3.05, 3.63) is 23.8 Å². The number of ether oxygens (including phenoxy) is 2. The first-order valence-corrected chi connectivity index (χ1v) is 6.64. The minimum atomic E-state index is 0.382.